The van der Waals surface area contributed by atoms with Crippen molar-refractivity contribution in [3.63, 3.8) is 0 Å². The lowest BCUT2D eigenvalue weighted by atomic mass is 10.2. The summed E-state index contributed by atoms with van der Waals surface area (Å²) < 4.78 is 16.0. The Hall–Kier alpha value is -3.22. The van der Waals surface area contributed by atoms with Gasteiger partial charge >= 0.3 is 0 Å². The molecule has 0 aliphatic carbocycles. The lowest BCUT2D eigenvalue weighted by Gasteiger charge is -2.19. The van der Waals surface area contributed by atoms with Crippen LogP contribution in [0.3, 0.4) is 0 Å². The summed E-state index contributed by atoms with van der Waals surface area (Å²) in [6, 6.07) is 12.5. The molecule has 2 N–H and O–H groups in total. The molecule has 1 aliphatic heterocycles. The molecule has 2 amide bonds. The standard InChI is InChI=1S/C19H20N2O5/c1-24-15-5-2-13(3-6-15)12-20-18(22)11-19(23)21-14-4-7-16-17(10-14)26-9-8-25-16/h2-7,10H,8-9,11-12H2,1H3,(H,20,22)(H,21,23). The zero-order valence-corrected chi connectivity index (χ0v) is 14.4. The fraction of sp³-hybridized carbons (Fsp3) is 0.263. The van der Waals surface area contributed by atoms with Crippen molar-refractivity contribution in [1.29, 1.82) is 0 Å². The van der Waals surface area contributed by atoms with Gasteiger partial charge < -0.3 is 24.8 Å². The number of methoxy groups -OCH3 is 1. The summed E-state index contributed by atoms with van der Waals surface area (Å²) in [4.78, 5) is 24.0. The van der Waals surface area contributed by atoms with E-state index in [-0.39, 0.29) is 12.3 Å². The predicted molar refractivity (Wildman–Crippen MR) is 95.5 cm³/mol. The SMILES string of the molecule is COc1ccc(CNC(=O)CC(=O)Nc2ccc3c(c2)OCCO3)cc1. The van der Waals surface area contributed by atoms with Crippen molar-refractivity contribution >= 4 is 17.5 Å². The van der Waals surface area contributed by atoms with Crippen LogP contribution in [0.25, 0.3) is 0 Å². The molecule has 7 nitrogen and oxygen atoms in total. The van der Waals surface area contributed by atoms with Crippen molar-refractivity contribution in [3.8, 4) is 17.2 Å². The molecule has 1 heterocycles. The Balaban J connectivity index is 1.47. The van der Waals surface area contributed by atoms with Gasteiger partial charge in [0.15, 0.2) is 11.5 Å². The Kier molecular flexibility index (Phi) is 5.58. The minimum Gasteiger partial charge on any atom is -0.497 e. The van der Waals surface area contributed by atoms with Crippen LogP contribution in [0.15, 0.2) is 42.5 Å². The molecule has 1 aliphatic rings. The van der Waals surface area contributed by atoms with Crippen LogP contribution >= 0.6 is 0 Å². The van der Waals surface area contributed by atoms with E-state index in [2.05, 4.69) is 10.6 Å². The van der Waals surface area contributed by atoms with Gasteiger partial charge in [0.2, 0.25) is 11.8 Å². The quantitative estimate of drug-likeness (QED) is 0.775. The fourth-order valence-corrected chi connectivity index (χ4v) is 2.48. The molecule has 2 aromatic rings. The number of anilines is 1. The molecule has 0 bridgehead atoms. The normalized spacial score (nSPS) is 12.2. The third-order valence-corrected chi connectivity index (χ3v) is 3.80. The number of nitrogens with one attached hydrogen (secondary N) is 2. The molecule has 2 aromatic carbocycles. The van der Waals surface area contributed by atoms with E-state index in [0.717, 1.165) is 11.3 Å². The molecule has 0 unspecified atom stereocenters. The number of amides is 2. The zero-order chi connectivity index (χ0) is 18.4. The van der Waals surface area contributed by atoms with Gasteiger partial charge in [0.05, 0.1) is 7.11 Å². The maximum absolute atomic E-state index is 12.0. The van der Waals surface area contributed by atoms with E-state index in [1.165, 1.54) is 0 Å². The highest BCUT2D eigenvalue weighted by Crippen LogP contribution is 2.32. The molecular formula is C19H20N2O5. The van der Waals surface area contributed by atoms with E-state index in [1.54, 1.807) is 25.3 Å². The maximum Gasteiger partial charge on any atom is 0.233 e. The van der Waals surface area contributed by atoms with Crippen molar-refractivity contribution in [2.24, 2.45) is 0 Å². The van der Waals surface area contributed by atoms with Crippen LogP contribution in [0, 0.1) is 0 Å². The summed E-state index contributed by atoms with van der Waals surface area (Å²) in [7, 11) is 1.59. The second-order valence-electron chi connectivity index (χ2n) is 5.71. The van der Waals surface area contributed by atoms with Gasteiger partial charge in [-0.3, -0.25) is 9.59 Å². The summed E-state index contributed by atoms with van der Waals surface area (Å²) in [5.74, 6) is 1.23. The Bertz CT molecular complexity index is 789. The number of benzene rings is 2. The number of carbonyl (C=O) groups excluding carboxylic acids is 2. The van der Waals surface area contributed by atoms with Gasteiger partial charge in [0.1, 0.15) is 25.4 Å². The van der Waals surface area contributed by atoms with Crippen molar-refractivity contribution < 1.29 is 23.8 Å². The average molecular weight is 356 g/mol. The zero-order valence-electron chi connectivity index (χ0n) is 14.4. The lowest BCUT2D eigenvalue weighted by molar-refractivity contribution is -0.126. The first-order valence-electron chi connectivity index (χ1n) is 8.23. The Labute approximate surface area is 151 Å². The van der Waals surface area contributed by atoms with Gasteiger partial charge in [-0.05, 0) is 29.8 Å². The molecular weight excluding hydrogens is 336 g/mol. The first-order valence-corrected chi connectivity index (χ1v) is 8.23. The topological polar surface area (TPSA) is 85.9 Å². The largest absolute Gasteiger partial charge is 0.497 e. The molecule has 0 aromatic heterocycles. The van der Waals surface area contributed by atoms with Crippen molar-refractivity contribution in [2.75, 3.05) is 25.6 Å². The van der Waals surface area contributed by atoms with Crippen LogP contribution in [0.1, 0.15) is 12.0 Å². The summed E-state index contributed by atoms with van der Waals surface area (Å²) >= 11 is 0. The van der Waals surface area contributed by atoms with E-state index in [4.69, 9.17) is 14.2 Å². The number of hydrogen-bond donors (Lipinski definition) is 2. The molecule has 0 saturated carbocycles. The monoisotopic (exact) mass is 356 g/mol. The van der Waals surface area contributed by atoms with Gasteiger partial charge in [0, 0.05) is 18.3 Å². The van der Waals surface area contributed by atoms with E-state index in [1.807, 2.05) is 24.3 Å². The van der Waals surface area contributed by atoms with Crippen LogP contribution in [0.2, 0.25) is 0 Å². The highest BCUT2D eigenvalue weighted by atomic mass is 16.6. The highest BCUT2D eigenvalue weighted by molar-refractivity contribution is 6.03. The smallest absolute Gasteiger partial charge is 0.233 e. The summed E-state index contributed by atoms with van der Waals surface area (Å²) in [6.45, 7) is 1.32. The van der Waals surface area contributed by atoms with Crippen LogP contribution in [-0.2, 0) is 16.1 Å². The summed E-state index contributed by atoms with van der Waals surface area (Å²) in [5, 5.41) is 5.40. The second-order valence-corrected chi connectivity index (χ2v) is 5.71. The molecule has 0 atom stereocenters. The van der Waals surface area contributed by atoms with Crippen molar-refractivity contribution in [1.82, 2.24) is 5.32 Å². The molecule has 0 fully saturated rings. The molecule has 0 saturated heterocycles. The van der Waals surface area contributed by atoms with Crippen LogP contribution in [0.5, 0.6) is 17.2 Å². The minimum atomic E-state index is -0.395. The van der Waals surface area contributed by atoms with Gasteiger partial charge in [0.25, 0.3) is 0 Å². The van der Waals surface area contributed by atoms with Gasteiger partial charge in [-0.25, -0.2) is 0 Å². The number of rotatable bonds is 6. The Morgan fingerprint density at radius 2 is 1.73 bits per heavy atom. The minimum absolute atomic E-state index is 0.259. The molecule has 7 heteroatoms. The number of hydrogen-bond acceptors (Lipinski definition) is 5. The predicted octanol–water partition coefficient (Wildman–Crippen LogP) is 2.11. The third-order valence-electron chi connectivity index (χ3n) is 3.80. The Morgan fingerprint density at radius 3 is 2.46 bits per heavy atom. The molecule has 3 rings (SSSR count). The van der Waals surface area contributed by atoms with E-state index in [9.17, 15) is 9.59 Å². The van der Waals surface area contributed by atoms with E-state index < -0.39 is 5.91 Å². The third kappa shape index (κ3) is 4.66. The van der Waals surface area contributed by atoms with Crippen LogP contribution in [0.4, 0.5) is 5.69 Å². The Morgan fingerprint density at radius 1 is 1.00 bits per heavy atom. The molecule has 0 spiro atoms. The van der Waals surface area contributed by atoms with Gasteiger partial charge in [-0.15, -0.1) is 0 Å². The molecule has 0 radical (unpaired) electrons. The maximum atomic E-state index is 12.0. The number of fused-ring (bicyclic) bond motifs is 1. The summed E-state index contributed by atoms with van der Waals surface area (Å²) in [6.07, 6.45) is -0.259. The van der Waals surface area contributed by atoms with E-state index in [0.29, 0.717) is 36.9 Å². The van der Waals surface area contributed by atoms with Gasteiger partial charge in [-0.1, -0.05) is 12.1 Å². The fourth-order valence-electron chi connectivity index (χ4n) is 2.48. The van der Waals surface area contributed by atoms with Crippen molar-refractivity contribution in [2.45, 2.75) is 13.0 Å². The van der Waals surface area contributed by atoms with Crippen molar-refractivity contribution in [3.05, 3.63) is 48.0 Å². The lowest BCUT2D eigenvalue weighted by Crippen LogP contribution is -2.27. The number of ether oxygens (including phenoxy) is 3. The first kappa shape index (κ1) is 17.6. The second kappa shape index (κ2) is 8.24. The first-order chi connectivity index (χ1) is 12.6. The van der Waals surface area contributed by atoms with E-state index >= 15 is 0 Å². The average Bonchev–Trinajstić information content (AvgIpc) is 2.66. The number of carbonyl (C=O) groups is 2. The van der Waals surface area contributed by atoms with Crippen LogP contribution < -0.4 is 24.8 Å². The highest BCUT2D eigenvalue weighted by Gasteiger charge is 2.14. The summed E-state index contributed by atoms with van der Waals surface area (Å²) in [5.41, 5.74) is 1.48. The molecule has 26 heavy (non-hydrogen) atoms. The van der Waals surface area contributed by atoms with Gasteiger partial charge in [-0.2, -0.15) is 0 Å². The molecule has 136 valence electrons. The van der Waals surface area contributed by atoms with Crippen LogP contribution in [-0.4, -0.2) is 32.1 Å².